The Labute approximate surface area is 329 Å². The number of furan rings is 1. The van der Waals surface area contributed by atoms with Crippen LogP contribution in [-0.2, 0) is 5.41 Å². The van der Waals surface area contributed by atoms with E-state index < -0.39 is 5.41 Å². The van der Waals surface area contributed by atoms with Crippen molar-refractivity contribution in [2.75, 3.05) is 0 Å². The molecule has 0 N–H and O–H groups in total. The highest BCUT2D eigenvalue weighted by atomic mass is 16.5. The fraction of sp³-hybridized carbons (Fsp3) is 0.0189. The summed E-state index contributed by atoms with van der Waals surface area (Å²) in [6.07, 6.45) is 0. The number of hydrogen-bond donors (Lipinski definition) is 0. The fourth-order valence-electron chi connectivity index (χ4n) is 9.30. The molecule has 266 valence electrons. The molecule has 8 aromatic carbocycles. The maximum absolute atomic E-state index is 6.96. The first-order valence-corrected chi connectivity index (χ1v) is 19.3. The van der Waals surface area contributed by atoms with Gasteiger partial charge in [-0.3, -0.25) is 0 Å². The molecule has 0 fully saturated rings. The smallest absolute Gasteiger partial charge is 0.160 e. The van der Waals surface area contributed by atoms with Gasteiger partial charge < -0.3 is 9.15 Å². The van der Waals surface area contributed by atoms with Gasteiger partial charge in [0.25, 0.3) is 0 Å². The molecule has 2 aliphatic rings. The molecule has 0 bridgehead atoms. The predicted molar refractivity (Wildman–Crippen MR) is 228 cm³/mol. The van der Waals surface area contributed by atoms with E-state index in [1.54, 1.807) is 0 Å². The molecule has 1 spiro atoms. The Hall–Kier alpha value is -7.56. The van der Waals surface area contributed by atoms with Gasteiger partial charge in [-0.25, -0.2) is 9.97 Å². The summed E-state index contributed by atoms with van der Waals surface area (Å²) in [7, 11) is 0. The van der Waals surface area contributed by atoms with E-state index in [1.807, 2.05) is 24.3 Å². The molecule has 1 unspecified atom stereocenters. The molecule has 4 nitrogen and oxygen atoms in total. The first-order valence-electron chi connectivity index (χ1n) is 19.3. The third-order valence-electron chi connectivity index (χ3n) is 11.8. The second kappa shape index (κ2) is 12.2. The minimum atomic E-state index is -0.822. The van der Waals surface area contributed by atoms with Gasteiger partial charge in [0, 0.05) is 38.6 Å². The first kappa shape index (κ1) is 31.8. The van der Waals surface area contributed by atoms with Crippen LogP contribution in [0.5, 0.6) is 11.5 Å². The second-order valence-electron chi connectivity index (χ2n) is 14.8. The zero-order chi connectivity index (χ0) is 37.5. The lowest BCUT2D eigenvalue weighted by Crippen LogP contribution is -2.34. The van der Waals surface area contributed by atoms with Crippen molar-refractivity contribution in [1.29, 1.82) is 0 Å². The van der Waals surface area contributed by atoms with Crippen molar-refractivity contribution in [3.05, 3.63) is 216 Å². The van der Waals surface area contributed by atoms with Crippen LogP contribution in [0, 0.1) is 0 Å². The van der Waals surface area contributed by atoms with E-state index in [-0.39, 0.29) is 0 Å². The predicted octanol–water partition coefficient (Wildman–Crippen LogP) is 13.5. The van der Waals surface area contributed by atoms with E-state index in [2.05, 4.69) is 170 Å². The Bertz CT molecular complexity index is 3160. The molecule has 10 aromatic rings. The molecule has 3 heterocycles. The number of para-hydroxylation sites is 2. The summed E-state index contributed by atoms with van der Waals surface area (Å²) in [5.41, 5.74) is 14.6. The number of aromatic nitrogens is 2. The number of benzene rings is 8. The van der Waals surface area contributed by atoms with E-state index in [0.717, 1.165) is 83.8 Å². The molecular weight excluding hydrogens is 697 g/mol. The Kier molecular flexibility index (Phi) is 6.81. The van der Waals surface area contributed by atoms with Gasteiger partial charge in [0.2, 0.25) is 0 Å². The van der Waals surface area contributed by atoms with Crippen molar-refractivity contribution < 1.29 is 9.15 Å². The highest BCUT2D eigenvalue weighted by Gasteiger charge is 2.49. The lowest BCUT2D eigenvalue weighted by atomic mass is 9.62. The second-order valence-corrected chi connectivity index (χ2v) is 14.8. The van der Waals surface area contributed by atoms with Gasteiger partial charge in [-0.1, -0.05) is 158 Å². The third kappa shape index (κ3) is 4.68. The van der Waals surface area contributed by atoms with Crippen LogP contribution in [0.4, 0.5) is 0 Å². The van der Waals surface area contributed by atoms with E-state index in [4.69, 9.17) is 19.1 Å². The van der Waals surface area contributed by atoms with Crippen LogP contribution in [0.3, 0.4) is 0 Å². The van der Waals surface area contributed by atoms with Gasteiger partial charge in [0.05, 0.1) is 16.8 Å². The molecule has 12 rings (SSSR count). The number of fused-ring (bicyclic) bond motifs is 14. The summed E-state index contributed by atoms with van der Waals surface area (Å²) in [6, 6.07) is 68.4. The van der Waals surface area contributed by atoms with Gasteiger partial charge in [-0.15, -0.1) is 0 Å². The molecule has 1 aliphatic heterocycles. The van der Waals surface area contributed by atoms with Gasteiger partial charge in [-0.2, -0.15) is 0 Å². The zero-order valence-electron chi connectivity index (χ0n) is 30.7. The van der Waals surface area contributed by atoms with Crippen LogP contribution < -0.4 is 4.74 Å². The van der Waals surface area contributed by atoms with Gasteiger partial charge in [-0.05, 0) is 69.8 Å². The standard InChI is InChI=1S/C53H32N2O2/c1-3-15-33(16-4-1)46-32-47(34-17-5-2-6-18-34)55-52(54-46)35-27-28-39-37-20-8-7-19-36(37)38-21-9-11-23-42(38)53(44(39)29-35)43-24-12-14-26-49(43)57-51-30-41-40-22-10-13-25-48(40)56-50(41)31-45(51)53/h1-32H. The normalized spacial score (nSPS) is 14.9. The van der Waals surface area contributed by atoms with Crippen molar-refractivity contribution in [2.24, 2.45) is 0 Å². The monoisotopic (exact) mass is 728 g/mol. The largest absolute Gasteiger partial charge is 0.457 e. The fourth-order valence-corrected chi connectivity index (χ4v) is 9.30. The summed E-state index contributed by atoms with van der Waals surface area (Å²) in [4.78, 5) is 10.6. The minimum absolute atomic E-state index is 0.660. The Balaban J connectivity index is 1.22. The quantitative estimate of drug-likeness (QED) is 0.182. The van der Waals surface area contributed by atoms with Crippen molar-refractivity contribution in [3.63, 3.8) is 0 Å². The lowest BCUT2D eigenvalue weighted by molar-refractivity contribution is 0.435. The molecule has 1 atom stereocenters. The summed E-state index contributed by atoms with van der Waals surface area (Å²) in [5.74, 6) is 2.29. The average Bonchev–Trinajstić information content (AvgIpc) is 3.60. The molecule has 0 radical (unpaired) electrons. The van der Waals surface area contributed by atoms with Gasteiger partial charge >= 0.3 is 0 Å². The number of nitrogens with zero attached hydrogens (tertiary/aromatic N) is 2. The van der Waals surface area contributed by atoms with Crippen LogP contribution in [-0.4, -0.2) is 9.97 Å². The highest BCUT2D eigenvalue weighted by molar-refractivity contribution is 6.06. The average molecular weight is 729 g/mol. The first-order chi connectivity index (χ1) is 28.2. The molecule has 0 saturated heterocycles. The molecule has 0 amide bonds. The van der Waals surface area contributed by atoms with Crippen LogP contribution >= 0.6 is 0 Å². The topological polar surface area (TPSA) is 48.2 Å². The van der Waals surface area contributed by atoms with Crippen molar-refractivity contribution in [1.82, 2.24) is 9.97 Å². The Morgan fingerprint density at radius 1 is 0.351 bits per heavy atom. The van der Waals surface area contributed by atoms with Crippen LogP contribution in [0.15, 0.2) is 199 Å². The summed E-state index contributed by atoms with van der Waals surface area (Å²) >= 11 is 0. The van der Waals surface area contributed by atoms with E-state index in [1.165, 1.54) is 22.3 Å². The molecule has 57 heavy (non-hydrogen) atoms. The number of rotatable bonds is 3. The maximum Gasteiger partial charge on any atom is 0.160 e. The summed E-state index contributed by atoms with van der Waals surface area (Å²) in [5, 5.41) is 2.09. The zero-order valence-corrected chi connectivity index (χ0v) is 30.7. The SMILES string of the molecule is c1ccc(-c2cc(-c3ccccc3)nc(-c3ccc4c(c3)C3(c5ccccc5Oc5cc6c(cc53)oc3ccccc36)c3ccccc3-c3ccccc3-4)n2)cc1. The minimum Gasteiger partial charge on any atom is -0.457 e. The number of hydrogen-bond acceptors (Lipinski definition) is 4. The van der Waals surface area contributed by atoms with E-state index in [9.17, 15) is 0 Å². The Morgan fingerprint density at radius 2 is 0.947 bits per heavy atom. The number of ether oxygens (including phenoxy) is 1. The maximum atomic E-state index is 6.96. The Morgan fingerprint density at radius 3 is 1.68 bits per heavy atom. The lowest BCUT2D eigenvalue weighted by Gasteiger charge is -2.42. The molecule has 0 saturated carbocycles. The highest BCUT2D eigenvalue weighted by Crippen LogP contribution is 2.61. The van der Waals surface area contributed by atoms with Gasteiger partial charge in [0.1, 0.15) is 22.7 Å². The molecule has 2 aromatic heterocycles. The van der Waals surface area contributed by atoms with E-state index >= 15 is 0 Å². The summed E-state index contributed by atoms with van der Waals surface area (Å²) < 4.78 is 13.6. The van der Waals surface area contributed by atoms with Crippen LogP contribution in [0.25, 0.3) is 78.1 Å². The molecule has 1 aliphatic carbocycles. The van der Waals surface area contributed by atoms with Crippen molar-refractivity contribution >= 4 is 21.9 Å². The summed E-state index contributed by atoms with van der Waals surface area (Å²) in [6.45, 7) is 0. The van der Waals surface area contributed by atoms with Crippen LogP contribution in [0.2, 0.25) is 0 Å². The molecular formula is C53H32N2O2. The van der Waals surface area contributed by atoms with Crippen molar-refractivity contribution in [3.8, 4) is 67.7 Å². The van der Waals surface area contributed by atoms with Crippen LogP contribution in [0.1, 0.15) is 22.3 Å². The molecule has 4 heteroatoms. The third-order valence-corrected chi connectivity index (χ3v) is 11.8. The van der Waals surface area contributed by atoms with E-state index in [0.29, 0.717) is 5.82 Å². The van der Waals surface area contributed by atoms with Crippen molar-refractivity contribution in [2.45, 2.75) is 5.41 Å². The van der Waals surface area contributed by atoms with Gasteiger partial charge in [0.15, 0.2) is 5.82 Å².